The van der Waals surface area contributed by atoms with Gasteiger partial charge in [-0.25, -0.2) is 9.97 Å². The summed E-state index contributed by atoms with van der Waals surface area (Å²) in [5, 5.41) is 7.36. The third-order valence-electron chi connectivity index (χ3n) is 5.95. The summed E-state index contributed by atoms with van der Waals surface area (Å²) in [6, 6.07) is 9.75. The summed E-state index contributed by atoms with van der Waals surface area (Å²) >= 11 is 0. The second-order valence-electron chi connectivity index (χ2n) is 8.51. The molecular weight excluding hydrogens is 416 g/mol. The van der Waals surface area contributed by atoms with E-state index >= 15 is 0 Å². The fourth-order valence-electron chi connectivity index (χ4n) is 4.20. The second kappa shape index (κ2) is 8.16. The second-order valence-corrected chi connectivity index (χ2v) is 8.51. The lowest BCUT2D eigenvalue weighted by atomic mass is 10.1. The van der Waals surface area contributed by atoms with Crippen LogP contribution < -0.4 is 5.32 Å². The highest BCUT2D eigenvalue weighted by Crippen LogP contribution is 2.29. The van der Waals surface area contributed by atoms with Gasteiger partial charge in [0.25, 0.3) is 5.91 Å². The normalized spacial score (nSPS) is 15.6. The van der Waals surface area contributed by atoms with E-state index in [2.05, 4.69) is 27.3 Å². The van der Waals surface area contributed by atoms with Gasteiger partial charge in [0.2, 0.25) is 5.95 Å². The third kappa shape index (κ3) is 3.97. The lowest BCUT2D eigenvalue weighted by molar-refractivity contribution is 0.0592. The molecule has 0 spiro atoms. The first kappa shape index (κ1) is 20.9. The topological polar surface area (TPSA) is 93.8 Å². The molecule has 0 bridgehead atoms. The van der Waals surface area contributed by atoms with Crippen molar-refractivity contribution in [3.63, 3.8) is 0 Å². The number of pyridine rings is 1. The third-order valence-corrected chi connectivity index (χ3v) is 5.95. The van der Waals surface area contributed by atoms with Crippen LogP contribution in [0.2, 0.25) is 0 Å². The molecule has 168 valence electrons. The Bertz CT molecular complexity index is 1340. The number of carbonyl (C=O) groups excluding carboxylic acids is 1. The summed E-state index contributed by atoms with van der Waals surface area (Å²) in [5.74, 6) is 1.28. The molecule has 5 rings (SSSR count). The molecule has 0 saturated carbocycles. The lowest BCUT2D eigenvalue weighted by Crippen LogP contribution is -2.45. The Hall–Kier alpha value is -4.01. The van der Waals surface area contributed by atoms with Gasteiger partial charge in [0.15, 0.2) is 0 Å². The van der Waals surface area contributed by atoms with Gasteiger partial charge in [-0.05, 0) is 44.5 Å². The molecule has 1 aliphatic rings. The van der Waals surface area contributed by atoms with Gasteiger partial charge in [0, 0.05) is 49.4 Å². The Kier molecular flexibility index (Phi) is 5.16. The first-order chi connectivity index (χ1) is 15.9. The molecule has 9 nitrogen and oxygen atoms in total. The zero-order chi connectivity index (χ0) is 23.1. The van der Waals surface area contributed by atoms with Gasteiger partial charge in [-0.3, -0.25) is 14.5 Å². The summed E-state index contributed by atoms with van der Waals surface area (Å²) in [6.45, 7) is 7.22. The summed E-state index contributed by atoms with van der Waals surface area (Å²) in [7, 11) is 1.85. The summed E-state index contributed by atoms with van der Waals surface area (Å²) in [4.78, 5) is 29.0. The van der Waals surface area contributed by atoms with Gasteiger partial charge in [-0.2, -0.15) is 5.10 Å². The van der Waals surface area contributed by atoms with E-state index in [1.165, 1.54) is 0 Å². The molecule has 1 atom stereocenters. The number of amides is 1. The standard InChI is InChI=1S/C24H26N8O/c1-15-11-25-24(28-21-8-9-26-30(21)4)29-22(15)18-10-20-23(33)32(17(3)12-31(20)13-18)14-19-7-5-6-16(2)27-19/h5-11,13,17H,12,14H2,1-4H3,(H,25,28,29). The molecule has 0 radical (unpaired) electrons. The number of carbonyl (C=O) groups is 1. The van der Waals surface area contributed by atoms with Gasteiger partial charge >= 0.3 is 0 Å². The van der Waals surface area contributed by atoms with Crippen LogP contribution in [0.5, 0.6) is 0 Å². The SMILES string of the molecule is Cc1cccc(CN2C(=O)c3cc(-c4nc(Nc5ccnn5C)ncc4C)cn3CC2C)n1. The van der Waals surface area contributed by atoms with E-state index in [1.54, 1.807) is 17.1 Å². The first-order valence-corrected chi connectivity index (χ1v) is 10.9. The average Bonchev–Trinajstić information content (AvgIpc) is 3.39. The maximum atomic E-state index is 13.4. The monoisotopic (exact) mass is 442 g/mol. The Morgan fingerprint density at radius 2 is 2.03 bits per heavy atom. The van der Waals surface area contributed by atoms with E-state index in [0.29, 0.717) is 18.2 Å². The summed E-state index contributed by atoms with van der Waals surface area (Å²) < 4.78 is 3.75. The van der Waals surface area contributed by atoms with Crippen molar-refractivity contribution in [3.05, 3.63) is 71.6 Å². The molecule has 1 unspecified atom stereocenters. The van der Waals surface area contributed by atoms with Crippen LogP contribution in [0.4, 0.5) is 11.8 Å². The van der Waals surface area contributed by atoms with Gasteiger partial charge in [-0.15, -0.1) is 0 Å². The quantitative estimate of drug-likeness (QED) is 0.509. The fourth-order valence-corrected chi connectivity index (χ4v) is 4.20. The maximum absolute atomic E-state index is 13.4. The number of hydrogen-bond acceptors (Lipinski definition) is 6. The molecule has 0 aromatic carbocycles. The minimum Gasteiger partial charge on any atom is -0.341 e. The zero-order valence-corrected chi connectivity index (χ0v) is 19.1. The number of hydrogen-bond donors (Lipinski definition) is 1. The fraction of sp³-hybridized carbons (Fsp3) is 0.292. The van der Waals surface area contributed by atoms with Gasteiger partial charge in [0.05, 0.1) is 24.1 Å². The molecule has 4 aromatic rings. The van der Waals surface area contributed by atoms with Gasteiger partial charge in [-0.1, -0.05) is 6.07 Å². The molecule has 5 heterocycles. The largest absolute Gasteiger partial charge is 0.341 e. The minimum atomic E-state index is 0.00301. The van der Waals surface area contributed by atoms with Gasteiger partial charge in [0.1, 0.15) is 11.5 Å². The van der Waals surface area contributed by atoms with Crippen LogP contribution in [0.1, 0.15) is 34.4 Å². The predicted octanol–water partition coefficient (Wildman–Crippen LogP) is 3.48. The average molecular weight is 443 g/mol. The van der Waals surface area contributed by atoms with Crippen LogP contribution in [-0.2, 0) is 20.1 Å². The highest BCUT2D eigenvalue weighted by atomic mass is 16.2. The van der Waals surface area contributed by atoms with Crippen molar-refractivity contribution >= 4 is 17.7 Å². The smallest absolute Gasteiger partial charge is 0.271 e. The molecule has 33 heavy (non-hydrogen) atoms. The molecule has 1 amide bonds. The molecule has 9 heteroatoms. The van der Waals surface area contributed by atoms with Crippen molar-refractivity contribution in [2.75, 3.05) is 5.32 Å². The number of aryl methyl sites for hydroxylation is 3. The summed E-state index contributed by atoms with van der Waals surface area (Å²) in [6.07, 6.45) is 5.51. The predicted molar refractivity (Wildman–Crippen MR) is 125 cm³/mol. The Morgan fingerprint density at radius 1 is 1.18 bits per heavy atom. The van der Waals surface area contributed by atoms with E-state index in [-0.39, 0.29) is 11.9 Å². The number of anilines is 2. The minimum absolute atomic E-state index is 0.00301. The van der Waals surface area contributed by atoms with Crippen molar-refractivity contribution < 1.29 is 4.79 Å². The van der Waals surface area contributed by atoms with E-state index in [9.17, 15) is 4.79 Å². The Morgan fingerprint density at radius 3 is 2.79 bits per heavy atom. The molecule has 4 aromatic heterocycles. The zero-order valence-electron chi connectivity index (χ0n) is 19.1. The molecule has 0 aliphatic carbocycles. The van der Waals surface area contributed by atoms with Crippen LogP contribution in [0.3, 0.4) is 0 Å². The molecule has 1 N–H and O–H groups in total. The van der Waals surface area contributed by atoms with Crippen molar-refractivity contribution in [1.29, 1.82) is 0 Å². The van der Waals surface area contributed by atoms with Crippen LogP contribution in [-0.4, -0.2) is 46.1 Å². The highest BCUT2D eigenvalue weighted by Gasteiger charge is 2.31. The van der Waals surface area contributed by atoms with Crippen LogP contribution in [0, 0.1) is 13.8 Å². The number of nitrogens with one attached hydrogen (secondary N) is 1. The number of rotatable bonds is 5. The van der Waals surface area contributed by atoms with Crippen LogP contribution in [0.15, 0.2) is 48.9 Å². The number of aromatic nitrogens is 6. The maximum Gasteiger partial charge on any atom is 0.271 e. The van der Waals surface area contributed by atoms with Crippen LogP contribution in [0.25, 0.3) is 11.3 Å². The van der Waals surface area contributed by atoms with Crippen molar-refractivity contribution in [2.45, 2.75) is 39.9 Å². The van der Waals surface area contributed by atoms with E-state index in [0.717, 1.165) is 40.6 Å². The highest BCUT2D eigenvalue weighted by molar-refractivity contribution is 5.95. The molecule has 0 saturated heterocycles. The Balaban J connectivity index is 1.44. The number of fused-ring (bicyclic) bond motifs is 1. The van der Waals surface area contributed by atoms with Crippen molar-refractivity contribution in [1.82, 2.24) is 34.2 Å². The van der Waals surface area contributed by atoms with Crippen molar-refractivity contribution in [2.24, 2.45) is 7.05 Å². The van der Waals surface area contributed by atoms with Crippen molar-refractivity contribution in [3.8, 4) is 11.3 Å². The molecule has 0 fully saturated rings. The van der Waals surface area contributed by atoms with Gasteiger partial charge < -0.3 is 14.8 Å². The Labute approximate surface area is 192 Å². The van der Waals surface area contributed by atoms with E-state index < -0.39 is 0 Å². The van der Waals surface area contributed by atoms with E-state index in [1.807, 2.05) is 66.9 Å². The molecule has 1 aliphatic heterocycles. The molecular formula is C24H26N8O. The summed E-state index contributed by atoms with van der Waals surface area (Å²) in [5.41, 5.74) is 5.14. The van der Waals surface area contributed by atoms with E-state index in [4.69, 9.17) is 4.98 Å². The first-order valence-electron chi connectivity index (χ1n) is 10.9. The lowest BCUT2D eigenvalue weighted by Gasteiger charge is -2.34. The number of nitrogens with zero attached hydrogens (tertiary/aromatic N) is 7. The van der Waals surface area contributed by atoms with Crippen LogP contribution >= 0.6 is 0 Å².